The largest absolute Gasteiger partial charge is 0.399 e. The summed E-state index contributed by atoms with van der Waals surface area (Å²) in [4.78, 5) is 39.0. The molecule has 0 bridgehead atoms. The normalized spacial score (nSPS) is 13.4. The molecular formula is C27H35N5O6S. The van der Waals surface area contributed by atoms with E-state index in [1.807, 2.05) is 44.2 Å². The lowest BCUT2D eigenvalue weighted by Gasteiger charge is -2.31. The average Bonchev–Trinajstić information content (AvgIpc) is 2.87. The molecule has 5 N–H and O–H groups in total. The van der Waals surface area contributed by atoms with Gasteiger partial charge < -0.3 is 16.2 Å². The lowest BCUT2D eigenvalue weighted by molar-refractivity contribution is -0.123. The van der Waals surface area contributed by atoms with Crippen molar-refractivity contribution in [3.05, 3.63) is 92.8 Å². The van der Waals surface area contributed by atoms with Crippen LogP contribution in [0.15, 0.2) is 75.3 Å². The number of rotatable bonds is 12. The number of aryl methyl sites for hydroxylation is 1. The molecule has 2 aromatic carbocycles. The highest BCUT2D eigenvalue weighted by Crippen LogP contribution is 2.20. The number of benzene rings is 2. The van der Waals surface area contributed by atoms with Gasteiger partial charge in [0.1, 0.15) is 6.54 Å². The van der Waals surface area contributed by atoms with E-state index in [0.29, 0.717) is 5.69 Å². The van der Waals surface area contributed by atoms with Gasteiger partial charge in [-0.25, -0.2) is 13.2 Å². The van der Waals surface area contributed by atoms with Crippen molar-refractivity contribution in [1.82, 2.24) is 19.2 Å². The first-order chi connectivity index (χ1) is 18.4. The third-order valence-electron chi connectivity index (χ3n) is 6.09. The van der Waals surface area contributed by atoms with Crippen LogP contribution in [0.4, 0.5) is 5.69 Å². The Balaban J connectivity index is 1.87. The Morgan fingerprint density at radius 1 is 1.08 bits per heavy atom. The van der Waals surface area contributed by atoms with Crippen molar-refractivity contribution >= 4 is 21.6 Å². The van der Waals surface area contributed by atoms with Crippen LogP contribution in [-0.4, -0.2) is 58.5 Å². The zero-order chi connectivity index (χ0) is 28.7. The summed E-state index contributed by atoms with van der Waals surface area (Å²) in [6.45, 7) is 4.71. The Morgan fingerprint density at radius 2 is 1.72 bits per heavy atom. The molecular weight excluding hydrogens is 522 g/mol. The van der Waals surface area contributed by atoms with Crippen molar-refractivity contribution in [2.75, 3.05) is 18.8 Å². The third-order valence-corrected chi connectivity index (χ3v) is 7.94. The number of nitrogens with zero attached hydrogens (tertiary/aromatic N) is 2. The molecule has 0 fully saturated rings. The highest BCUT2D eigenvalue weighted by atomic mass is 32.2. The topological polar surface area (TPSA) is 168 Å². The maximum atomic E-state index is 13.5. The second kappa shape index (κ2) is 12.9. The molecule has 3 rings (SSSR count). The fourth-order valence-electron chi connectivity index (χ4n) is 4.10. The maximum Gasteiger partial charge on any atom is 0.328 e. The zero-order valence-electron chi connectivity index (χ0n) is 22.2. The number of hydrogen-bond acceptors (Lipinski definition) is 7. The summed E-state index contributed by atoms with van der Waals surface area (Å²) in [6, 6.07) is 14.1. The monoisotopic (exact) mass is 557 g/mol. The molecule has 0 saturated heterocycles. The van der Waals surface area contributed by atoms with E-state index in [4.69, 9.17) is 5.73 Å². The number of nitrogens with one attached hydrogen (secondary N) is 2. The van der Waals surface area contributed by atoms with Crippen LogP contribution in [0.5, 0.6) is 0 Å². The van der Waals surface area contributed by atoms with Gasteiger partial charge in [-0.3, -0.25) is 19.1 Å². The maximum absolute atomic E-state index is 13.5. The van der Waals surface area contributed by atoms with Gasteiger partial charge in [-0.1, -0.05) is 44.2 Å². The van der Waals surface area contributed by atoms with Crippen LogP contribution >= 0.6 is 0 Å². The summed E-state index contributed by atoms with van der Waals surface area (Å²) in [6.07, 6.45) is 0.211. The summed E-state index contributed by atoms with van der Waals surface area (Å²) >= 11 is 0. The first kappa shape index (κ1) is 29.8. The Bertz CT molecular complexity index is 1480. The summed E-state index contributed by atoms with van der Waals surface area (Å²) in [7, 11) is -3.98. The SMILES string of the molecule is Cc1cn(CC(=O)N[C@@H](Cc2ccccc2)[C@H](O)CN(CC(C)C)S(=O)(=O)c2ccc(N)cc2)c(=O)[nH]c1=O. The molecule has 0 spiro atoms. The van der Waals surface area contributed by atoms with E-state index in [1.54, 1.807) is 0 Å². The minimum atomic E-state index is -3.98. The quantitative estimate of drug-likeness (QED) is 0.240. The van der Waals surface area contributed by atoms with E-state index < -0.39 is 45.9 Å². The van der Waals surface area contributed by atoms with Gasteiger partial charge in [-0.2, -0.15) is 4.31 Å². The summed E-state index contributed by atoms with van der Waals surface area (Å²) in [5.74, 6) is -0.626. The molecule has 39 heavy (non-hydrogen) atoms. The molecule has 3 aromatic rings. The van der Waals surface area contributed by atoms with Gasteiger partial charge in [0.15, 0.2) is 0 Å². The van der Waals surface area contributed by atoms with Crippen molar-refractivity contribution in [2.45, 2.75) is 50.8 Å². The Morgan fingerprint density at radius 3 is 2.33 bits per heavy atom. The number of nitrogen functional groups attached to an aromatic ring is 1. The molecule has 0 aliphatic heterocycles. The Kier molecular flexibility index (Phi) is 9.84. The van der Waals surface area contributed by atoms with Crippen molar-refractivity contribution in [1.29, 1.82) is 0 Å². The molecule has 210 valence electrons. The second-order valence-electron chi connectivity index (χ2n) is 9.92. The lowest BCUT2D eigenvalue weighted by Crippen LogP contribution is -2.52. The second-order valence-corrected chi connectivity index (χ2v) is 11.9. The summed E-state index contributed by atoms with van der Waals surface area (Å²) < 4.78 is 29.2. The van der Waals surface area contributed by atoms with Crippen LogP contribution in [0.3, 0.4) is 0 Å². The minimum absolute atomic E-state index is 0.0426. The van der Waals surface area contributed by atoms with Crippen molar-refractivity contribution in [3.63, 3.8) is 0 Å². The summed E-state index contributed by atoms with van der Waals surface area (Å²) in [5, 5.41) is 14.1. The standard InChI is InChI=1S/C27H35N5O6S/c1-18(2)14-32(39(37,38)22-11-9-21(28)10-12-22)16-24(33)23(13-20-7-5-4-6-8-20)29-25(34)17-31-15-19(3)26(35)30-27(31)36/h4-12,15,18,23-24,33H,13-14,16-17,28H2,1-3H3,(H,29,34)(H,30,35,36)/t23-,24+/m0/s1. The lowest BCUT2D eigenvalue weighted by atomic mass is 10.0. The number of anilines is 1. The number of aromatic amines is 1. The molecule has 1 heterocycles. The number of aliphatic hydroxyl groups excluding tert-OH is 1. The Hall–Kier alpha value is -3.74. The van der Waals surface area contributed by atoms with E-state index in [0.717, 1.165) is 10.1 Å². The van der Waals surface area contributed by atoms with Gasteiger partial charge in [0.25, 0.3) is 5.56 Å². The smallest absolute Gasteiger partial charge is 0.328 e. The highest BCUT2D eigenvalue weighted by Gasteiger charge is 2.31. The molecule has 11 nitrogen and oxygen atoms in total. The first-order valence-electron chi connectivity index (χ1n) is 12.5. The van der Waals surface area contributed by atoms with E-state index in [1.165, 1.54) is 41.7 Å². The van der Waals surface area contributed by atoms with Gasteiger partial charge in [0.2, 0.25) is 15.9 Å². The number of aliphatic hydroxyl groups is 1. The molecule has 1 aromatic heterocycles. The van der Waals surface area contributed by atoms with Crippen molar-refractivity contribution < 1.29 is 18.3 Å². The molecule has 0 radical (unpaired) electrons. The fraction of sp³-hybridized carbons (Fsp3) is 0.370. The molecule has 12 heteroatoms. The summed E-state index contributed by atoms with van der Waals surface area (Å²) in [5.41, 5.74) is 5.94. The van der Waals surface area contributed by atoms with Crippen LogP contribution in [-0.2, 0) is 27.8 Å². The number of H-pyrrole nitrogens is 1. The molecule has 0 saturated carbocycles. The third kappa shape index (κ3) is 8.12. The van der Waals surface area contributed by atoms with Gasteiger partial charge in [0.05, 0.1) is 17.0 Å². The Labute approximate surface area is 227 Å². The van der Waals surface area contributed by atoms with Crippen molar-refractivity contribution in [3.8, 4) is 0 Å². The van der Waals surface area contributed by atoms with E-state index >= 15 is 0 Å². The van der Waals surface area contributed by atoms with Gasteiger partial charge >= 0.3 is 5.69 Å². The number of nitrogens with two attached hydrogens (primary N) is 1. The van der Waals surface area contributed by atoms with Gasteiger partial charge in [0, 0.05) is 30.5 Å². The number of carbonyl (C=O) groups excluding carboxylic acids is 1. The predicted molar refractivity (Wildman–Crippen MR) is 149 cm³/mol. The molecule has 1 amide bonds. The predicted octanol–water partition coefficient (Wildman–Crippen LogP) is 0.863. The van der Waals surface area contributed by atoms with Crippen LogP contribution in [0.1, 0.15) is 25.0 Å². The molecule has 2 atom stereocenters. The first-order valence-corrected chi connectivity index (χ1v) is 14.0. The minimum Gasteiger partial charge on any atom is -0.399 e. The number of hydrogen-bond donors (Lipinski definition) is 4. The number of aromatic nitrogens is 2. The highest BCUT2D eigenvalue weighted by molar-refractivity contribution is 7.89. The molecule has 0 aliphatic carbocycles. The number of sulfonamides is 1. The van der Waals surface area contributed by atoms with E-state index in [9.17, 15) is 27.9 Å². The van der Waals surface area contributed by atoms with Crippen LogP contribution in [0.2, 0.25) is 0 Å². The van der Waals surface area contributed by atoms with Crippen LogP contribution in [0.25, 0.3) is 0 Å². The number of amides is 1. The van der Waals surface area contributed by atoms with E-state index in [-0.39, 0.29) is 35.9 Å². The van der Waals surface area contributed by atoms with Gasteiger partial charge in [-0.15, -0.1) is 0 Å². The molecule has 0 aliphatic rings. The van der Waals surface area contributed by atoms with Gasteiger partial charge in [-0.05, 0) is 49.1 Å². The van der Waals surface area contributed by atoms with E-state index in [2.05, 4.69) is 10.3 Å². The van der Waals surface area contributed by atoms with Crippen LogP contribution < -0.4 is 22.3 Å². The zero-order valence-corrected chi connectivity index (χ0v) is 23.0. The molecule has 0 unspecified atom stereocenters. The van der Waals surface area contributed by atoms with Crippen LogP contribution in [0, 0.1) is 12.8 Å². The number of carbonyl (C=O) groups is 1. The fourth-order valence-corrected chi connectivity index (χ4v) is 5.72. The van der Waals surface area contributed by atoms with Crippen molar-refractivity contribution in [2.24, 2.45) is 5.92 Å². The average molecular weight is 558 g/mol.